The molecule has 0 saturated heterocycles. The highest BCUT2D eigenvalue weighted by Gasteiger charge is 1.99. The summed E-state index contributed by atoms with van der Waals surface area (Å²) in [6.07, 6.45) is 0. The molecule has 0 atom stereocenters. The molecular weight excluding hydrogens is 178 g/mol. The summed E-state index contributed by atoms with van der Waals surface area (Å²) in [6.45, 7) is 0.121. The summed E-state index contributed by atoms with van der Waals surface area (Å²) >= 11 is 0. The molecule has 0 bridgehead atoms. The predicted molar refractivity (Wildman–Crippen MR) is 43.3 cm³/mol. The maximum atomic E-state index is 10.7. The van der Waals surface area contributed by atoms with Crippen LogP contribution >= 0.6 is 0 Å². The molecule has 0 aliphatic carbocycles. The van der Waals surface area contributed by atoms with Crippen molar-refractivity contribution in [1.82, 2.24) is 5.32 Å². The smallest absolute Gasteiger partial charge is 0.329 e. The molecule has 0 fully saturated rings. The van der Waals surface area contributed by atoms with Gasteiger partial charge < -0.3 is 19.9 Å². The molecule has 0 unspecified atom stereocenters. The van der Waals surface area contributed by atoms with E-state index in [0.717, 1.165) is 0 Å². The Hall–Kier alpha value is -1.14. The Kier molecular flexibility index (Phi) is 6.85. The fraction of sp³-hybridized carbons (Fsp3) is 0.714. The number of amides is 1. The number of carboxylic acids is 1. The lowest BCUT2D eigenvalue weighted by Gasteiger charge is -2.03. The molecule has 1 amide bonds. The molecule has 0 rings (SSSR count). The maximum absolute atomic E-state index is 10.7. The van der Waals surface area contributed by atoms with Gasteiger partial charge in [-0.2, -0.15) is 0 Å². The van der Waals surface area contributed by atoms with Crippen molar-refractivity contribution in [2.24, 2.45) is 0 Å². The second-order valence-corrected chi connectivity index (χ2v) is 2.23. The number of nitrogens with one attached hydrogen (secondary N) is 1. The summed E-state index contributed by atoms with van der Waals surface area (Å²) in [4.78, 5) is 20.7. The van der Waals surface area contributed by atoms with Crippen LogP contribution in [0.3, 0.4) is 0 Å². The van der Waals surface area contributed by atoms with E-state index in [9.17, 15) is 9.59 Å². The summed E-state index contributed by atoms with van der Waals surface area (Å²) in [6, 6.07) is 0. The van der Waals surface area contributed by atoms with Gasteiger partial charge in [0.05, 0.1) is 6.61 Å². The molecule has 0 radical (unpaired) electrons. The van der Waals surface area contributed by atoms with Crippen LogP contribution in [0.5, 0.6) is 0 Å². The van der Waals surface area contributed by atoms with Gasteiger partial charge in [-0.3, -0.25) is 4.79 Å². The zero-order valence-electron chi connectivity index (χ0n) is 7.41. The zero-order chi connectivity index (χ0) is 10.1. The van der Waals surface area contributed by atoms with Crippen molar-refractivity contribution in [2.45, 2.75) is 0 Å². The number of aliphatic carboxylic acids is 1. The molecule has 0 aromatic carbocycles. The van der Waals surface area contributed by atoms with E-state index in [1.807, 2.05) is 0 Å². The lowest BCUT2D eigenvalue weighted by molar-refractivity contribution is -0.142. The Morgan fingerprint density at radius 3 is 2.62 bits per heavy atom. The molecule has 6 heteroatoms. The van der Waals surface area contributed by atoms with Crippen LogP contribution in [-0.4, -0.2) is 50.5 Å². The first-order valence-electron chi connectivity index (χ1n) is 3.72. The molecule has 6 nitrogen and oxygen atoms in total. The van der Waals surface area contributed by atoms with Gasteiger partial charge in [-0.05, 0) is 0 Å². The fourth-order valence-electron chi connectivity index (χ4n) is 0.604. The topological polar surface area (TPSA) is 84.9 Å². The van der Waals surface area contributed by atoms with Gasteiger partial charge in [-0.25, -0.2) is 4.79 Å². The van der Waals surface area contributed by atoms with Crippen LogP contribution < -0.4 is 5.32 Å². The molecule has 0 aliphatic rings. The lowest BCUT2D eigenvalue weighted by Crippen LogP contribution is -2.30. The standard InChI is InChI=1S/C7H13NO5/c1-12-4-6(9)8-2-3-13-5-7(10)11/h2-5H2,1H3,(H,8,9)(H,10,11). The quantitative estimate of drug-likeness (QED) is 0.496. The largest absolute Gasteiger partial charge is 0.480 e. The molecule has 2 N–H and O–H groups in total. The molecule has 76 valence electrons. The molecule has 0 spiro atoms. The second kappa shape index (κ2) is 7.51. The van der Waals surface area contributed by atoms with Gasteiger partial charge in [-0.1, -0.05) is 0 Å². The average molecular weight is 191 g/mol. The van der Waals surface area contributed by atoms with Crippen molar-refractivity contribution >= 4 is 11.9 Å². The minimum absolute atomic E-state index is 0.00106. The third-order valence-electron chi connectivity index (χ3n) is 1.07. The number of carboxylic acid groups (broad SMARTS) is 1. The summed E-state index contributed by atoms with van der Waals surface area (Å²) in [7, 11) is 1.42. The Bertz CT molecular complexity index is 170. The van der Waals surface area contributed by atoms with Crippen molar-refractivity contribution in [3.63, 3.8) is 0 Å². The van der Waals surface area contributed by atoms with Crippen molar-refractivity contribution in [1.29, 1.82) is 0 Å². The number of ether oxygens (including phenoxy) is 2. The predicted octanol–water partition coefficient (Wildman–Crippen LogP) is -1.15. The van der Waals surface area contributed by atoms with Crippen LogP contribution in [0.1, 0.15) is 0 Å². The van der Waals surface area contributed by atoms with Crippen LogP contribution in [0.2, 0.25) is 0 Å². The molecule has 0 aromatic rings. The summed E-state index contributed by atoms with van der Waals surface area (Å²) in [5, 5.41) is 10.6. The average Bonchev–Trinajstić information content (AvgIpc) is 2.03. The highest BCUT2D eigenvalue weighted by atomic mass is 16.5. The number of carbonyl (C=O) groups excluding carboxylic acids is 1. The van der Waals surface area contributed by atoms with Crippen LogP contribution in [0, 0.1) is 0 Å². The normalized spacial score (nSPS) is 9.62. The van der Waals surface area contributed by atoms with Gasteiger partial charge in [0, 0.05) is 13.7 Å². The van der Waals surface area contributed by atoms with Gasteiger partial charge in [0.25, 0.3) is 0 Å². The van der Waals surface area contributed by atoms with E-state index in [4.69, 9.17) is 5.11 Å². The minimum Gasteiger partial charge on any atom is -0.480 e. The van der Waals surface area contributed by atoms with Gasteiger partial charge in [0.15, 0.2) is 0 Å². The Balaban J connectivity index is 3.16. The minimum atomic E-state index is -1.02. The van der Waals surface area contributed by atoms with E-state index >= 15 is 0 Å². The molecule has 0 aliphatic heterocycles. The first kappa shape index (κ1) is 11.9. The molecular formula is C7H13NO5. The molecule has 0 aromatic heterocycles. The number of hydrogen-bond acceptors (Lipinski definition) is 4. The summed E-state index contributed by atoms with van der Waals surface area (Å²) < 4.78 is 9.22. The van der Waals surface area contributed by atoms with E-state index in [0.29, 0.717) is 0 Å². The van der Waals surface area contributed by atoms with Gasteiger partial charge in [-0.15, -0.1) is 0 Å². The van der Waals surface area contributed by atoms with E-state index in [2.05, 4.69) is 14.8 Å². The number of hydrogen-bond donors (Lipinski definition) is 2. The van der Waals surface area contributed by atoms with E-state index in [-0.39, 0.29) is 32.3 Å². The highest BCUT2D eigenvalue weighted by molar-refractivity contribution is 5.77. The SMILES string of the molecule is COCC(=O)NCCOCC(=O)O. The van der Waals surface area contributed by atoms with Gasteiger partial charge in [0.1, 0.15) is 13.2 Å². The van der Waals surface area contributed by atoms with E-state index < -0.39 is 5.97 Å². The van der Waals surface area contributed by atoms with Crippen molar-refractivity contribution in [3.8, 4) is 0 Å². The third kappa shape index (κ3) is 8.77. The van der Waals surface area contributed by atoms with Crippen LogP contribution in [0.25, 0.3) is 0 Å². The first-order valence-corrected chi connectivity index (χ1v) is 3.72. The number of methoxy groups -OCH3 is 1. The number of rotatable bonds is 7. The van der Waals surface area contributed by atoms with Crippen molar-refractivity contribution < 1.29 is 24.2 Å². The monoisotopic (exact) mass is 191 g/mol. The third-order valence-corrected chi connectivity index (χ3v) is 1.07. The van der Waals surface area contributed by atoms with Crippen molar-refractivity contribution in [2.75, 3.05) is 33.5 Å². The maximum Gasteiger partial charge on any atom is 0.329 e. The van der Waals surface area contributed by atoms with Gasteiger partial charge in [0.2, 0.25) is 5.91 Å². The van der Waals surface area contributed by atoms with Gasteiger partial charge >= 0.3 is 5.97 Å². The molecule has 0 heterocycles. The van der Waals surface area contributed by atoms with Crippen LogP contribution in [-0.2, 0) is 19.1 Å². The zero-order valence-corrected chi connectivity index (χ0v) is 7.41. The van der Waals surface area contributed by atoms with Crippen LogP contribution in [0.4, 0.5) is 0 Å². The number of carbonyl (C=O) groups is 2. The Morgan fingerprint density at radius 1 is 1.38 bits per heavy atom. The fourth-order valence-corrected chi connectivity index (χ4v) is 0.604. The highest BCUT2D eigenvalue weighted by Crippen LogP contribution is 1.74. The lowest BCUT2D eigenvalue weighted by atomic mass is 10.6. The summed E-state index contributed by atoms with van der Waals surface area (Å²) in [5.41, 5.74) is 0. The van der Waals surface area contributed by atoms with Crippen molar-refractivity contribution in [3.05, 3.63) is 0 Å². The van der Waals surface area contributed by atoms with E-state index in [1.165, 1.54) is 7.11 Å². The first-order chi connectivity index (χ1) is 6.16. The van der Waals surface area contributed by atoms with Crippen LogP contribution in [0.15, 0.2) is 0 Å². The Morgan fingerprint density at radius 2 is 2.08 bits per heavy atom. The molecule has 13 heavy (non-hydrogen) atoms. The second-order valence-electron chi connectivity index (χ2n) is 2.23. The van der Waals surface area contributed by atoms with E-state index in [1.54, 1.807) is 0 Å². The Labute approximate surface area is 75.8 Å². The summed E-state index contributed by atoms with van der Waals surface area (Å²) in [5.74, 6) is -1.27. The molecule has 0 saturated carbocycles.